The highest BCUT2D eigenvalue weighted by molar-refractivity contribution is 7.91. The fraction of sp³-hybridized carbons (Fsp3) is 0.500. The Bertz CT molecular complexity index is 576. The fourth-order valence-corrected chi connectivity index (χ4v) is 3.14. The highest BCUT2D eigenvalue weighted by atomic mass is 32.2. The molecule has 20 heavy (non-hydrogen) atoms. The molecule has 0 heterocycles. The number of benzene rings is 1. The van der Waals surface area contributed by atoms with Crippen molar-refractivity contribution in [2.45, 2.75) is 17.9 Å². The number of hydrogen-bond acceptors (Lipinski definition) is 5. The van der Waals surface area contributed by atoms with Gasteiger partial charge in [0.1, 0.15) is 0 Å². The Morgan fingerprint density at radius 1 is 1.40 bits per heavy atom. The molecular formula is C14H21N3O2S. The zero-order valence-electron chi connectivity index (χ0n) is 12.1. The molecule has 0 aliphatic carbocycles. The first-order valence-electron chi connectivity index (χ1n) is 6.46. The van der Waals surface area contributed by atoms with Crippen LogP contribution in [0, 0.1) is 11.3 Å². The zero-order valence-corrected chi connectivity index (χ0v) is 12.9. The number of hydrogen-bond donors (Lipinski definition) is 1. The maximum atomic E-state index is 12.1. The number of likely N-dealkylation sites (N-methyl/N-ethyl adjacent to an activating group) is 1. The molecule has 1 aromatic carbocycles. The molecule has 6 heteroatoms. The third-order valence-electron chi connectivity index (χ3n) is 2.82. The predicted molar refractivity (Wildman–Crippen MR) is 79.2 cm³/mol. The van der Waals surface area contributed by atoms with Crippen molar-refractivity contribution in [3.05, 3.63) is 29.8 Å². The average molecular weight is 295 g/mol. The van der Waals surface area contributed by atoms with E-state index in [1.54, 1.807) is 12.1 Å². The van der Waals surface area contributed by atoms with Crippen molar-refractivity contribution in [1.29, 1.82) is 5.26 Å². The van der Waals surface area contributed by atoms with Crippen LogP contribution in [-0.4, -0.2) is 52.3 Å². The Hall–Kier alpha value is -1.42. The molecule has 0 aliphatic heterocycles. The van der Waals surface area contributed by atoms with Crippen LogP contribution < -0.4 is 5.32 Å². The van der Waals surface area contributed by atoms with Crippen LogP contribution >= 0.6 is 0 Å². The minimum Gasteiger partial charge on any atom is -0.312 e. The van der Waals surface area contributed by atoms with Crippen LogP contribution in [0.5, 0.6) is 0 Å². The van der Waals surface area contributed by atoms with Crippen molar-refractivity contribution in [1.82, 2.24) is 10.2 Å². The van der Waals surface area contributed by atoms with Gasteiger partial charge in [0, 0.05) is 19.1 Å². The maximum Gasteiger partial charge on any atom is 0.179 e. The van der Waals surface area contributed by atoms with Gasteiger partial charge in [-0.25, -0.2) is 8.42 Å². The molecule has 0 aliphatic rings. The first kappa shape index (κ1) is 16.6. The Morgan fingerprint density at radius 2 is 2.10 bits per heavy atom. The first-order chi connectivity index (χ1) is 9.35. The van der Waals surface area contributed by atoms with E-state index in [0.717, 1.165) is 6.54 Å². The number of nitriles is 1. The molecule has 1 atom stereocenters. The molecule has 0 fully saturated rings. The van der Waals surface area contributed by atoms with Crippen molar-refractivity contribution >= 4 is 9.84 Å². The summed E-state index contributed by atoms with van der Waals surface area (Å²) in [5.74, 6) is 0.0274. The van der Waals surface area contributed by atoms with Gasteiger partial charge in [0.25, 0.3) is 0 Å². The minimum atomic E-state index is -3.34. The van der Waals surface area contributed by atoms with Gasteiger partial charge in [0.05, 0.1) is 22.3 Å². The molecule has 0 aromatic heterocycles. The number of sulfone groups is 1. The SMILES string of the molecule is CC(CN(C)C)NCCS(=O)(=O)c1cccc(C#N)c1. The molecular weight excluding hydrogens is 274 g/mol. The second-order valence-corrected chi connectivity index (χ2v) is 7.19. The third-order valence-corrected chi connectivity index (χ3v) is 4.54. The van der Waals surface area contributed by atoms with Crippen molar-refractivity contribution in [3.63, 3.8) is 0 Å². The summed E-state index contributed by atoms with van der Waals surface area (Å²) in [7, 11) is 0.605. The summed E-state index contributed by atoms with van der Waals surface area (Å²) >= 11 is 0. The van der Waals surface area contributed by atoms with Crippen molar-refractivity contribution in [2.75, 3.05) is 32.9 Å². The Kier molecular flexibility index (Phi) is 6.14. The van der Waals surface area contributed by atoms with Gasteiger partial charge in [-0.15, -0.1) is 0 Å². The monoisotopic (exact) mass is 295 g/mol. The van der Waals surface area contributed by atoms with Gasteiger partial charge in [-0.05, 0) is 39.2 Å². The van der Waals surface area contributed by atoms with Crippen LogP contribution in [0.3, 0.4) is 0 Å². The van der Waals surface area contributed by atoms with Crippen LogP contribution in [0.15, 0.2) is 29.2 Å². The van der Waals surface area contributed by atoms with Crippen LogP contribution in [0.1, 0.15) is 12.5 Å². The quantitative estimate of drug-likeness (QED) is 0.808. The normalized spacial score (nSPS) is 13.2. The zero-order chi connectivity index (χ0) is 15.2. The number of rotatable bonds is 7. The summed E-state index contributed by atoms with van der Waals surface area (Å²) in [5.41, 5.74) is 0.361. The predicted octanol–water partition coefficient (Wildman–Crippen LogP) is 0.872. The summed E-state index contributed by atoms with van der Waals surface area (Å²) in [6, 6.07) is 8.30. The largest absolute Gasteiger partial charge is 0.312 e. The van der Waals surface area contributed by atoms with Gasteiger partial charge in [0.2, 0.25) is 0 Å². The van der Waals surface area contributed by atoms with Gasteiger partial charge >= 0.3 is 0 Å². The van der Waals surface area contributed by atoms with E-state index >= 15 is 0 Å². The molecule has 0 amide bonds. The summed E-state index contributed by atoms with van der Waals surface area (Å²) in [5, 5.41) is 12.0. The van der Waals surface area contributed by atoms with Crippen molar-refractivity contribution in [2.24, 2.45) is 0 Å². The van der Waals surface area contributed by atoms with E-state index in [1.165, 1.54) is 12.1 Å². The van der Waals surface area contributed by atoms with Crippen LogP contribution in [0.2, 0.25) is 0 Å². The van der Waals surface area contributed by atoms with E-state index in [-0.39, 0.29) is 16.7 Å². The molecule has 0 radical (unpaired) electrons. The molecule has 0 saturated heterocycles. The lowest BCUT2D eigenvalue weighted by atomic mass is 10.2. The molecule has 5 nitrogen and oxygen atoms in total. The molecule has 1 unspecified atom stereocenters. The Labute approximate surface area is 121 Å². The lowest BCUT2D eigenvalue weighted by molar-refractivity contribution is 0.353. The van der Waals surface area contributed by atoms with Gasteiger partial charge in [0.15, 0.2) is 9.84 Å². The summed E-state index contributed by atoms with van der Waals surface area (Å²) in [6.45, 7) is 3.26. The fourth-order valence-electron chi connectivity index (χ4n) is 1.93. The molecule has 1 rings (SSSR count). The van der Waals surface area contributed by atoms with E-state index in [2.05, 4.69) is 5.32 Å². The van der Waals surface area contributed by atoms with Crippen LogP contribution in [-0.2, 0) is 9.84 Å². The minimum absolute atomic E-state index is 0.0274. The standard InChI is InChI=1S/C14H21N3O2S/c1-12(11-17(2)3)16-7-8-20(18,19)14-6-4-5-13(9-14)10-15/h4-6,9,12,16H,7-8,11H2,1-3H3. The first-order valence-corrected chi connectivity index (χ1v) is 8.11. The van der Waals surface area contributed by atoms with Crippen molar-refractivity contribution < 1.29 is 8.42 Å². The molecule has 1 N–H and O–H groups in total. The average Bonchev–Trinajstić information content (AvgIpc) is 2.37. The van der Waals surface area contributed by atoms with Gasteiger partial charge in [-0.3, -0.25) is 0 Å². The van der Waals surface area contributed by atoms with E-state index in [1.807, 2.05) is 32.0 Å². The van der Waals surface area contributed by atoms with Gasteiger partial charge in [-0.2, -0.15) is 5.26 Å². The summed E-state index contributed by atoms with van der Waals surface area (Å²) in [6.07, 6.45) is 0. The smallest absolute Gasteiger partial charge is 0.179 e. The van der Waals surface area contributed by atoms with Crippen LogP contribution in [0.4, 0.5) is 0 Å². The van der Waals surface area contributed by atoms with Gasteiger partial charge < -0.3 is 10.2 Å². The molecule has 1 aromatic rings. The lowest BCUT2D eigenvalue weighted by Gasteiger charge is -2.18. The summed E-state index contributed by atoms with van der Waals surface area (Å²) in [4.78, 5) is 2.25. The number of nitrogens with one attached hydrogen (secondary N) is 1. The van der Waals surface area contributed by atoms with Gasteiger partial charge in [-0.1, -0.05) is 6.07 Å². The Morgan fingerprint density at radius 3 is 2.70 bits per heavy atom. The van der Waals surface area contributed by atoms with E-state index in [0.29, 0.717) is 12.1 Å². The van der Waals surface area contributed by atoms with E-state index in [9.17, 15) is 8.42 Å². The highest BCUT2D eigenvalue weighted by Gasteiger charge is 2.15. The lowest BCUT2D eigenvalue weighted by Crippen LogP contribution is -2.38. The van der Waals surface area contributed by atoms with E-state index < -0.39 is 9.84 Å². The van der Waals surface area contributed by atoms with E-state index in [4.69, 9.17) is 5.26 Å². The molecule has 0 bridgehead atoms. The number of nitrogens with zero attached hydrogens (tertiary/aromatic N) is 2. The van der Waals surface area contributed by atoms with Crippen molar-refractivity contribution in [3.8, 4) is 6.07 Å². The molecule has 0 saturated carbocycles. The maximum absolute atomic E-state index is 12.1. The second-order valence-electron chi connectivity index (χ2n) is 5.08. The third kappa shape index (κ3) is 5.29. The highest BCUT2D eigenvalue weighted by Crippen LogP contribution is 2.12. The molecule has 110 valence electrons. The topological polar surface area (TPSA) is 73.2 Å². The molecule has 0 spiro atoms. The summed E-state index contributed by atoms with van der Waals surface area (Å²) < 4.78 is 24.3. The van der Waals surface area contributed by atoms with Crippen LogP contribution in [0.25, 0.3) is 0 Å². The second kappa shape index (κ2) is 7.39. The Balaban J connectivity index is 2.60.